The molecule has 108 valence electrons. The molecule has 0 spiro atoms. The van der Waals surface area contributed by atoms with E-state index in [1.54, 1.807) is 0 Å². The maximum Gasteiger partial charge on any atom is 0.137 e. The third kappa shape index (κ3) is 2.88. The third-order valence-corrected chi connectivity index (χ3v) is 4.49. The van der Waals surface area contributed by atoms with Crippen LogP contribution < -0.4 is 4.74 Å². The maximum absolute atomic E-state index is 5.68. The van der Waals surface area contributed by atoms with E-state index >= 15 is 0 Å². The largest absolute Gasteiger partial charge is 0.492 e. The first-order valence-electron chi connectivity index (χ1n) is 7.06. The Labute approximate surface area is 127 Å². The highest BCUT2D eigenvalue weighted by molar-refractivity contribution is 7.81. The average Bonchev–Trinajstić information content (AvgIpc) is 2.85. The van der Waals surface area contributed by atoms with Gasteiger partial charge in [-0.25, -0.2) is 0 Å². The first kappa shape index (κ1) is 15.0. The molecule has 0 radical (unpaired) electrons. The van der Waals surface area contributed by atoms with Crippen LogP contribution in [0, 0.1) is 0 Å². The van der Waals surface area contributed by atoms with Crippen LogP contribution in [0.4, 0.5) is 0 Å². The lowest BCUT2D eigenvalue weighted by atomic mass is 9.85. The zero-order valence-corrected chi connectivity index (χ0v) is 13.5. The van der Waals surface area contributed by atoms with Crippen molar-refractivity contribution in [1.82, 2.24) is 4.57 Å². The maximum atomic E-state index is 5.68. The second-order valence-corrected chi connectivity index (χ2v) is 6.37. The lowest BCUT2D eigenvalue weighted by molar-refractivity contribution is 0.340. The Kier molecular flexibility index (Phi) is 4.48. The topological polar surface area (TPSA) is 14.2 Å². The van der Waals surface area contributed by atoms with Gasteiger partial charge in [0, 0.05) is 28.1 Å². The highest BCUT2D eigenvalue weighted by atomic mass is 32.1. The molecule has 2 rings (SSSR count). The van der Waals surface area contributed by atoms with Gasteiger partial charge in [-0.3, -0.25) is 0 Å². The number of rotatable bonds is 5. The molecule has 1 aromatic carbocycles. The summed E-state index contributed by atoms with van der Waals surface area (Å²) in [5, 5.41) is 0.245. The lowest BCUT2D eigenvalue weighted by Crippen LogP contribution is -2.29. The quantitative estimate of drug-likeness (QED) is 0.802. The Hall–Kier alpha value is -1.35. The van der Waals surface area contributed by atoms with E-state index in [4.69, 9.17) is 4.74 Å². The van der Waals surface area contributed by atoms with Crippen molar-refractivity contribution >= 4 is 12.6 Å². The van der Waals surface area contributed by atoms with E-state index in [9.17, 15) is 0 Å². The Morgan fingerprint density at radius 2 is 1.90 bits per heavy atom. The molecule has 0 saturated heterocycles. The third-order valence-electron chi connectivity index (χ3n) is 3.84. The molecule has 0 saturated carbocycles. The number of hydrogen-bond donors (Lipinski definition) is 1. The van der Waals surface area contributed by atoms with Crippen LogP contribution >= 0.6 is 12.6 Å². The van der Waals surface area contributed by atoms with Gasteiger partial charge in [0.15, 0.2) is 0 Å². The van der Waals surface area contributed by atoms with E-state index in [1.165, 1.54) is 5.69 Å². The normalized spacial score (nSPS) is 13.2. The first-order chi connectivity index (χ1) is 9.46. The van der Waals surface area contributed by atoms with Crippen LogP contribution in [-0.4, -0.2) is 16.4 Å². The van der Waals surface area contributed by atoms with Crippen molar-refractivity contribution in [3.8, 4) is 11.4 Å². The molecule has 1 aromatic heterocycles. The van der Waals surface area contributed by atoms with Crippen LogP contribution in [-0.2, 0) is 5.41 Å². The van der Waals surface area contributed by atoms with Gasteiger partial charge < -0.3 is 9.30 Å². The van der Waals surface area contributed by atoms with Gasteiger partial charge in [-0.05, 0) is 19.1 Å². The Balaban J connectivity index is 2.55. The van der Waals surface area contributed by atoms with Crippen molar-refractivity contribution < 1.29 is 4.74 Å². The van der Waals surface area contributed by atoms with Gasteiger partial charge in [-0.2, -0.15) is 12.6 Å². The average molecular weight is 289 g/mol. The molecule has 0 N–H and O–H groups in total. The van der Waals surface area contributed by atoms with Crippen LogP contribution in [0.2, 0.25) is 0 Å². The second-order valence-electron chi connectivity index (χ2n) is 5.60. The van der Waals surface area contributed by atoms with E-state index in [-0.39, 0.29) is 10.7 Å². The molecule has 2 nitrogen and oxygen atoms in total. The van der Waals surface area contributed by atoms with Gasteiger partial charge in [0.2, 0.25) is 0 Å². The SMILES string of the molecule is CCOc1cc(C(C)(C)C(C)S)n(-c2ccccc2)c1. The van der Waals surface area contributed by atoms with Crippen LogP contribution in [0.1, 0.15) is 33.4 Å². The molecular weight excluding hydrogens is 266 g/mol. The summed E-state index contributed by atoms with van der Waals surface area (Å²) >= 11 is 4.66. The molecule has 1 unspecified atom stereocenters. The fourth-order valence-corrected chi connectivity index (χ4v) is 2.33. The number of nitrogens with zero attached hydrogens (tertiary/aromatic N) is 1. The number of benzene rings is 1. The fraction of sp³-hybridized carbons (Fsp3) is 0.412. The Morgan fingerprint density at radius 1 is 1.25 bits per heavy atom. The molecule has 0 aliphatic rings. The summed E-state index contributed by atoms with van der Waals surface area (Å²) in [7, 11) is 0. The summed E-state index contributed by atoms with van der Waals surface area (Å²) in [6, 6.07) is 12.5. The minimum atomic E-state index is -0.0473. The zero-order valence-electron chi connectivity index (χ0n) is 12.6. The lowest BCUT2D eigenvalue weighted by Gasteiger charge is -2.30. The molecule has 0 aliphatic heterocycles. The van der Waals surface area contributed by atoms with Crippen molar-refractivity contribution in [1.29, 1.82) is 0 Å². The monoisotopic (exact) mass is 289 g/mol. The molecule has 0 fully saturated rings. The number of aromatic nitrogens is 1. The van der Waals surface area contributed by atoms with Crippen LogP contribution in [0.25, 0.3) is 5.69 Å². The summed E-state index contributed by atoms with van der Waals surface area (Å²) in [6.07, 6.45) is 2.06. The Bertz CT molecular complexity index is 558. The molecule has 0 aliphatic carbocycles. The zero-order chi connectivity index (χ0) is 14.8. The number of thiol groups is 1. The first-order valence-corrected chi connectivity index (χ1v) is 7.57. The predicted molar refractivity (Wildman–Crippen MR) is 88.4 cm³/mol. The van der Waals surface area contributed by atoms with E-state index in [2.05, 4.69) is 74.5 Å². The van der Waals surface area contributed by atoms with Gasteiger partial charge in [0.1, 0.15) is 5.75 Å². The van der Waals surface area contributed by atoms with Gasteiger partial charge in [0.25, 0.3) is 0 Å². The van der Waals surface area contributed by atoms with Gasteiger partial charge in [-0.1, -0.05) is 39.0 Å². The van der Waals surface area contributed by atoms with Crippen LogP contribution in [0.15, 0.2) is 42.6 Å². The molecule has 1 heterocycles. The predicted octanol–water partition coefficient (Wildman–Crippen LogP) is 4.47. The van der Waals surface area contributed by atoms with E-state index in [0.29, 0.717) is 6.61 Å². The molecule has 2 aromatic rings. The molecule has 3 heteroatoms. The number of hydrogen-bond acceptors (Lipinski definition) is 2. The van der Waals surface area contributed by atoms with E-state index in [1.807, 2.05) is 13.0 Å². The van der Waals surface area contributed by atoms with Crippen molar-refractivity contribution in [3.05, 3.63) is 48.3 Å². The standard InChI is InChI=1S/C17H23NOS/c1-5-19-15-11-16(17(3,4)13(2)20)18(12-15)14-9-7-6-8-10-14/h6-13,20H,5H2,1-4H3. The smallest absolute Gasteiger partial charge is 0.137 e. The molecule has 0 amide bonds. The van der Waals surface area contributed by atoms with Gasteiger partial charge in [0.05, 0.1) is 12.8 Å². The number of ether oxygens (including phenoxy) is 1. The summed E-state index contributed by atoms with van der Waals surface area (Å²) in [4.78, 5) is 0. The van der Waals surface area contributed by atoms with Crippen molar-refractivity contribution in [2.75, 3.05) is 6.61 Å². The highest BCUT2D eigenvalue weighted by Gasteiger charge is 2.30. The van der Waals surface area contributed by atoms with Crippen molar-refractivity contribution in [3.63, 3.8) is 0 Å². The highest BCUT2D eigenvalue weighted by Crippen LogP contribution is 2.35. The van der Waals surface area contributed by atoms with Crippen LogP contribution in [0.5, 0.6) is 5.75 Å². The molecule has 20 heavy (non-hydrogen) atoms. The second kappa shape index (κ2) is 5.96. The van der Waals surface area contributed by atoms with E-state index < -0.39 is 0 Å². The molecular formula is C17H23NOS. The van der Waals surface area contributed by atoms with Gasteiger partial charge >= 0.3 is 0 Å². The fourth-order valence-electron chi connectivity index (χ4n) is 2.20. The minimum absolute atomic E-state index is 0.0473. The Morgan fingerprint density at radius 3 is 2.45 bits per heavy atom. The van der Waals surface area contributed by atoms with Gasteiger partial charge in [-0.15, -0.1) is 0 Å². The number of para-hydroxylation sites is 1. The van der Waals surface area contributed by atoms with Crippen molar-refractivity contribution in [2.24, 2.45) is 0 Å². The molecule has 0 bridgehead atoms. The van der Waals surface area contributed by atoms with Crippen LogP contribution in [0.3, 0.4) is 0 Å². The summed E-state index contributed by atoms with van der Waals surface area (Å²) in [5.41, 5.74) is 2.32. The summed E-state index contributed by atoms with van der Waals surface area (Å²) in [5.74, 6) is 0.911. The summed E-state index contributed by atoms with van der Waals surface area (Å²) < 4.78 is 7.88. The van der Waals surface area contributed by atoms with E-state index in [0.717, 1.165) is 11.4 Å². The summed E-state index contributed by atoms with van der Waals surface area (Å²) in [6.45, 7) is 9.25. The van der Waals surface area contributed by atoms with Crippen molar-refractivity contribution in [2.45, 2.75) is 38.4 Å². The molecule has 1 atom stereocenters. The minimum Gasteiger partial charge on any atom is -0.492 e.